The first-order chi connectivity index (χ1) is 10.1. The third kappa shape index (κ3) is 7.22. The third-order valence-electron chi connectivity index (χ3n) is 2.57. The Kier molecular flexibility index (Phi) is 7.78. The van der Waals surface area contributed by atoms with Gasteiger partial charge in [-0.05, 0) is 38.9 Å². The molecule has 0 aromatic heterocycles. The van der Waals surface area contributed by atoms with Gasteiger partial charge in [-0.3, -0.25) is 0 Å². The number of nitrogens with zero attached hydrogens (tertiary/aromatic N) is 1. The van der Waals surface area contributed by atoms with Crippen LogP contribution in [0.3, 0.4) is 0 Å². The minimum absolute atomic E-state index is 0.493. The molecular formula is C9H16F6N2O4S2. The fraction of sp³-hybridized carbons (Fsp3) is 1.00. The quantitative estimate of drug-likeness (QED) is 0.735. The van der Waals surface area contributed by atoms with Crippen molar-refractivity contribution in [1.82, 2.24) is 9.03 Å². The highest BCUT2D eigenvalue weighted by Gasteiger charge is 2.55. The predicted molar refractivity (Wildman–Crippen MR) is 69.1 cm³/mol. The molecule has 1 rings (SSSR count). The smallest absolute Gasteiger partial charge is 0.303 e. The Morgan fingerprint density at radius 3 is 1.48 bits per heavy atom. The maximum atomic E-state index is 11.5. The second-order valence-corrected chi connectivity index (χ2v) is 8.14. The number of sulfonamides is 2. The number of rotatable bonds is 4. The van der Waals surface area contributed by atoms with Gasteiger partial charge in [0.2, 0.25) is 0 Å². The zero-order chi connectivity index (χ0) is 18.5. The summed E-state index contributed by atoms with van der Waals surface area (Å²) in [5.74, 6) is 0. The lowest BCUT2D eigenvalue weighted by Crippen LogP contribution is -2.45. The summed E-state index contributed by atoms with van der Waals surface area (Å²) in [5, 5.41) is 0. The molecule has 0 aromatic carbocycles. The van der Waals surface area contributed by atoms with E-state index in [4.69, 9.17) is 0 Å². The standard InChI is InChI=1S/C7H15N.C2HF6NO4S2/c1-2-5-8-6-3-4-7-8;3-1(4,5)14(10,11)9-15(12,13)2(6,7)8/h2-7H2,1H3;9H. The Morgan fingerprint density at radius 1 is 0.870 bits per heavy atom. The first kappa shape index (κ1) is 22.4. The van der Waals surface area contributed by atoms with Crippen LogP contribution in [0.25, 0.3) is 0 Å². The van der Waals surface area contributed by atoms with Crippen LogP contribution in [-0.2, 0) is 20.0 Å². The van der Waals surface area contributed by atoms with E-state index < -0.39 is 35.2 Å². The maximum Gasteiger partial charge on any atom is 0.512 e. The van der Waals surface area contributed by atoms with Gasteiger partial charge in [-0.2, -0.15) is 26.3 Å². The zero-order valence-electron chi connectivity index (χ0n) is 11.9. The van der Waals surface area contributed by atoms with Gasteiger partial charge in [0.25, 0.3) is 0 Å². The van der Waals surface area contributed by atoms with Crippen LogP contribution in [0.4, 0.5) is 26.3 Å². The van der Waals surface area contributed by atoms with Gasteiger partial charge in [0.1, 0.15) is 0 Å². The van der Waals surface area contributed by atoms with E-state index in [9.17, 15) is 43.2 Å². The van der Waals surface area contributed by atoms with E-state index >= 15 is 0 Å². The summed E-state index contributed by atoms with van der Waals surface area (Å²) in [6, 6.07) is 0. The molecule has 0 spiro atoms. The minimum Gasteiger partial charge on any atom is -0.303 e. The fourth-order valence-electron chi connectivity index (χ4n) is 1.56. The summed E-state index contributed by atoms with van der Waals surface area (Å²) >= 11 is 0. The van der Waals surface area contributed by atoms with Crippen molar-refractivity contribution >= 4 is 20.0 Å². The zero-order valence-corrected chi connectivity index (χ0v) is 13.5. The minimum atomic E-state index is -6.60. The van der Waals surface area contributed by atoms with E-state index in [-0.39, 0.29) is 0 Å². The third-order valence-corrected chi connectivity index (χ3v) is 5.54. The average Bonchev–Trinajstić information content (AvgIpc) is 2.78. The maximum absolute atomic E-state index is 11.5. The largest absolute Gasteiger partial charge is 0.512 e. The number of nitrogens with one attached hydrogen (secondary N) is 1. The lowest BCUT2D eigenvalue weighted by molar-refractivity contribution is -0.0476. The summed E-state index contributed by atoms with van der Waals surface area (Å²) < 4.78 is 108. The number of alkyl halides is 6. The second-order valence-electron chi connectivity index (χ2n) is 4.53. The molecule has 0 amide bonds. The SMILES string of the molecule is CCCN1CCCC1.O=S(=O)(NS(=O)(=O)C(F)(F)F)C(F)(F)F. The molecule has 23 heavy (non-hydrogen) atoms. The van der Waals surface area contributed by atoms with E-state index in [1.165, 1.54) is 38.9 Å². The molecule has 1 aliphatic heterocycles. The average molecular weight is 394 g/mol. The van der Waals surface area contributed by atoms with Gasteiger partial charge in [-0.15, -0.1) is 0 Å². The predicted octanol–water partition coefficient (Wildman–Crippen LogP) is 1.77. The Hall–Kier alpha value is -0.600. The van der Waals surface area contributed by atoms with Gasteiger partial charge in [-0.1, -0.05) is 11.1 Å². The lowest BCUT2D eigenvalue weighted by atomic mass is 10.4. The van der Waals surface area contributed by atoms with Gasteiger partial charge in [0, 0.05) is 0 Å². The molecule has 0 atom stereocenters. The fourth-order valence-corrected chi connectivity index (χ4v) is 3.47. The van der Waals surface area contributed by atoms with Gasteiger partial charge in [0.05, 0.1) is 0 Å². The molecule has 1 N–H and O–H groups in total. The van der Waals surface area contributed by atoms with E-state index in [1.807, 2.05) is 0 Å². The highest BCUT2D eigenvalue weighted by Crippen LogP contribution is 2.27. The van der Waals surface area contributed by atoms with Crippen molar-refractivity contribution in [2.45, 2.75) is 37.2 Å². The molecule has 1 aliphatic rings. The first-order valence-corrected chi connectivity index (χ1v) is 9.24. The Labute approximate surface area is 129 Å². The molecule has 0 aliphatic carbocycles. The van der Waals surface area contributed by atoms with E-state index in [1.54, 1.807) is 0 Å². The van der Waals surface area contributed by atoms with Crippen molar-refractivity contribution in [2.24, 2.45) is 0 Å². The molecule has 0 unspecified atom stereocenters. The normalized spacial score (nSPS) is 17.7. The van der Waals surface area contributed by atoms with Gasteiger partial charge < -0.3 is 4.90 Å². The summed E-state index contributed by atoms with van der Waals surface area (Å²) in [6.07, 6.45) is 4.18. The summed E-state index contributed by atoms with van der Waals surface area (Å²) in [6.45, 7) is 6.28. The molecule has 1 saturated heterocycles. The molecule has 14 heteroatoms. The summed E-state index contributed by atoms with van der Waals surface area (Å²) in [4.78, 5) is 2.54. The molecule has 0 radical (unpaired) electrons. The van der Waals surface area contributed by atoms with Crippen LogP contribution >= 0.6 is 0 Å². The number of hydrogen-bond acceptors (Lipinski definition) is 5. The van der Waals surface area contributed by atoms with E-state index in [0.717, 1.165) is 0 Å². The molecule has 1 heterocycles. The monoisotopic (exact) mass is 394 g/mol. The van der Waals surface area contributed by atoms with Crippen LogP contribution in [0.2, 0.25) is 0 Å². The van der Waals surface area contributed by atoms with Crippen molar-refractivity contribution in [3.63, 3.8) is 0 Å². The van der Waals surface area contributed by atoms with Gasteiger partial charge in [-0.25, -0.2) is 16.8 Å². The molecule has 0 bridgehead atoms. The van der Waals surface area contributed by atoms with Crippen molar-refractivity contribution < 1.29 is 43.2 Å². The Balaban J connectivity index is 0.000000502. The second kappa shape index (κ2) is 7.98. The first-order valence-electron chi connectivity index (χ1n) is 6.27. The van der Waals surface area contributed by atoms with E-state index in [2.05, 4.69) is 11.8 Å². The molecule has 0 aromatic rings. The number of halogens is 6. The highest BCUT2D eigenvalue weighted by molar-refractivity contribution is 8.05. The van der Waals surface area contributed by atoms with Crippen molar-refractivity contribution in [2.75, 3.05) is 19.6 Å². The number of hydrogen-bond donors (Lipinski definition) is 1. The van der Waals surface area contributed by atoms with Crippen LogP contribution in [0, 0.1) is 0 Å². The molecule has 1 fully saturated rings. The molecular weight excluding hydrogens is 378 g/mol. The van der Waals surface area contributed by atoms with Crippen molar-refractivity contribution in [3.8, 4) is 0 Å². The Bertz CT molecular complexity index is 522. The van der Waals surface area contributed by atoms with Crippen LogP contribution in [0.1, 0.15) is 26.2 Å². The van der Waals surface area contributed by atoms with Crippen molar-refractivity contribution in [3.05, 3.63) is 0 Å². The van der Waals surface area contributed by atoms with Crippen LogP contribution in [-0.4, -0.2) is 52.4 Å². The Morgan fingerprint density at radius 2 is 1.22 bits per heavy atom. The van der Waals surface area contributed by atoms with Gasteiger partial charge >= 0.3 is 31.1 Å². The molecule has 140 valence electrons. The molecule has 6 nitrogen and oxygen atoms in total. The lowest BCUT2D eigenvalue weighted by Gasteiger charge is -2.11. The van der Waals surface area contributed by atoms with Crippen LogP contribution < -0.4 is 4.13 Å². The van der Waals surface area contributed by atoms with E-state index in [0.29, 0.717) is 0 Å². The highest BCUT2D eigenvalue weighted by atomic mass is 32.3. The topological polar surface area (TPSA) is 83.6 Å². The van der Waals surface area contributed by atoms with Crippen LogP contribution in [0.15, 0.2) is 0 Å². The number of likely N-dealkylation sites (tertiary alicyclic amines) is 1. The van der Waals surface area contributed by atoms with Crippen LogP contribution in [0.5, 0.6) is 0 Å². The molecule has 0 saturated carbocycles. The summed E-state index contributed by atoms with van der Waals surface area (Å²) in [5.41, 5.74) is -12.3. The summed E-state index contributed by atoms with van der Waals surface area (Å²) in [7, 11) is -13.2. The van der Waals surface area contributed by atoms with Crippen molar-refractivity contribution in [1.29, 1.82) is 0 Å². The van der Waals surface area contributed by atoms with Gasteiger partial charge in [0.15, 0.2) is 0 Å².